The van der Waals surface area contributed by atoms with Crippen LogP contribution in [0, 0.1) is 25.5 Å². The van der Waals surface area contributed by atoms with Gasteiger partial charge in [0.25, 0.3) is 0 Å². The Morgan fingerprint density at radius 1 is 0.590 bits per heavy atom. The number of rotatable bonds is 7. The molecular weight excluding hydrogens is 663 g/mol. The Balaban J connectivity index is 0.00000308. The molecule has 0 amide bonds. The van der Waals surface area contributed by atoms with Gasteiger partial charge in [0.05, 0.1) is 0 Å². The second kappa shape index (κ2) is 11.2. The molecular formula is C32H32N6Pt. The molecule has 0 aromatic heterocycles. The van der Waals surface area contributed by atoms with Crippen molar-refractivity contribution in [2.75, 3.05) is 70.7 Å². The largest absolute Gasteiger partial charge is 4.00 e. The summed E-state index contributed by atoms with van der Waals surface area (Å²) in [6, 6.07) is 36.5. The fourth-order valence-corrected chi connectivity index (χ4v) is 5.02. The van der Waals surface area contributed by atoms with Crippen LogP contribution in [0.25, 0.3) is 0 Å². The van der Waals surface area contributed by atoms with E-state index in [1.54, 1.807) is 0 Å². The first-order valence-corrected chi connectivity index (χ1v) is 12.9. The number of anilines is 8. The van der Waals surface area contributed by atoms with E-state index in [9.17, 15) is 0 Å². The van der Waals surface area contributed by atoms with E-state index in [2.05, 4.69) is 156 Å². The van der Waals surface area contributed by atoms with Crippen molar-refractivity contribution in [3.05, 3.63) is 110 Å². The maximum absolute atomic E-state index is 3.42. The Kier molecular flexibility index (Phi) is 7.76. The maximum atomic E-state index is 3.42. The van der Waals surface area contributed by atoms with Gasteiger partial charge in [0.1, 0.15) is 0 Å². The van der Waals surface area contributed by atoms with E-state index in [1.807, 2.05) is 12.1 Å². The Hall–Kier alpha value is -3.63. The van der Waals surface area contributed by atoms with Crippen LogP contribution < -0.4 is 29.4 Å². The Bertz CT molecular complexity index is 1330. The molecule has 0 radical (unpaired) electrons. The van der Waals surface area contributed by atoms with Crippen LogP contribution in [0.4, 0.5) is 45.5 Å². The van der Waals surface area contributed by atoms with E-state index in [0.717, 1.165) is 35.8 Å². The molecule has 0 bridgehead atoms. The van der Waals surface area contributed by atoms with Gasteiger partial charge in [0.15, 0.2) is 0 Å². The van der Waals surface area contributed by atoms with Crippen LogP contribution in [-0.4, -0.2) is 41.3 Å². The third-order valence-corrected chi connectivity index (χ3v) is 7.08. The van der Waals surface area contributed by atoms with Gasteiger partial charge in [-0.05, 0) is 24.3 Å². The van der Waals surface area contributed by atoms with E-state index in [4.69, 9.17) is 0 Å². The zero-order valence-corrected chi connectivity index (χ0v) is 24.9. The number of benzene rings is 4. The first-order valence-electron chi connectivity index (χ1n) is 12.9. The van der Waals surface area contributed by atoms with Crippen molar-refractivity contribution in [3.8, 4) is 0 Å². The van der Waals surface area contributed by atoms with Gasteiger partial charge < -0.3 is 29.4 Å². The summed E-state index contributed by atoms with van der Waals surface area (Å²) in [6.07, 6.45) is 0. The molecule has 2 aliphatic heterocycles. The van der Waals surface area contributed by atoms with Crippen LogP contribution in [0.15, 0.2) is 84.9 Å². The third kappa shape index (κ3) is 5.18. The average molecular weight is 696 g/mol. The van der Waals surface area contributed by atoms with Crippen LogP contribution in [0.2, 0.25) is 0 Å². The molecule has 2 aliphatic rings. The van der Waals surface area contributed by atoms with Crippen molar-refractivity contribution in [1.29, 1.82) is 0 Å². The normalized spacial score (nSPS) is 13.7. The van der Waals surface area contributed by atoms with Crippen LogP contribution in [0.1, 0.15) is 0 Å². The second-order valence-corrected chi connectivity index (χ2v) is 9.99. The molecule has 6 rings (SSSR count). The zero-order chi connectivity index (χ0) is 26.2. The molecule has 0 aliphatic carbocycles. The number of nitrogens with zero attached hydrogens (tertiary/aromatic N) is 6. The number of hydrogen-bond acceptors (Lipinski definition) is 6. The summed E-state index contributed by atoms with van der Waals surface area (Å²) in [5.41, 5.74) is 9.12. The predicted molar refractivity (Wildman–Crippen MR) is 160 cm³/mol. The minimum Gasteiger partial charge on any atom is -0.500 e. The van der Waals surface area contributed by atoms with E-state index in [-0.39, 0.29) is 21.1 Å². The molecule has 0 N–H and O–H groups in total. The summed E-state index contributed by atoms with van der Waals surface area (Å²) >= 11 is 0. The smallest absolute Gasteiger partial charge is 0.500 e. The van der Waals surface area contributed by atoms with Gasteiger partial charge in [-0.3, -0.25) is 0 Å². The molecule has 4 aromatic rings. The van der Waals surface area contributed by atoms with Crippen LogP contribution in [-0.2, 0) is 21.1 Å². The molecule has 200 valence electrons. The maximum Gasteiger partial charge on any atom is 4.00 e. The van der Waals surface area contributed by atoms with Gasteiger partial charge in [-0.15, -0.1) is 35.6 Å². The van der Waals surface area contributed by atoms with Gasteiger partial charge in [0, 0.05) is 64.0 Å². The van der Waals surface area contributed by atoms with Gasteiger partial charge >= 0.3 is 21.1 Å². The van der Waals surface area contributed by atoms with E-state index < -0.39 is 0 Å². The fourth-order valence-electron chi connectivity index (χ4n) is 5.02. The quantitative estimate of drug-likeness (QED) is 0.211. The minimum atomic E-state index is 0. The van der Waals surface area contributed by atoms with Crippen LogP contribution in [0.3, 0.4) is 0 Å². The van der Waals surface area contributed by atoms with E-state index >= 15 is 0 Å². The molecule has 0 atom stereocenters. The topological polar surface area (TPSA) is 19.4 Å². The van der Waals surface area contributed by atoms with E-state index in [0.29, 0.717) is 0 Å². The summed E-state index contributed by atoms with van der Waals surface area (Å²) in [4.78, 5) is 13.4. The molecule has 2 heterocycles. The van der Waals surface area contributed by atoms with Gasteiger partial charge in [-0.1, -0.05) is 35.6 Å². The van der Waals surface area contributed by atoms with Crippen molar-refractivity contribution in [2.24, 2.45) is 0 Å². The molecule has 0 saturated carbocycles. The van der Waals surface area contributed by atoms with Gasteiger partial charge in [0.2, 0.25) is 0 Å². The summed E-state index contributed by atoms with van der Waals surface area (Å²) in [6.45, 7) is 6.07. The molecule has 4 aromatic carbocycles. The monoisotopic (exact) mass is 695 g/mol. The molecule has 0 spiro atoms. The zero-order valence-electron chi connectivity index (χ0n) is 22.7. The third-order valence-electron chi connectivity index (χ3n) is 7.08. The fraction of sp³-hybridized carbons (Fsp3) is 0.188. The summed E-state index contributed by atoms with van der Waals surface area (Å²) in [5.74, 6) is 0. The van der Waals surface area contributed by atoms with Gasteiger partial charge in [-0.2, -0.15) is 37.6 Å². The number of para-hydroxylation sites is 4. The molecule has 0 saturated heterocycles. The van der Waals surface area contributed by atoms with E-state index in [1.165, 1.54) is 22.7 Å². The summed E-state index contributed by atoms with van der Waals surface area (Å²) < 4.78 is 0. The predicted octanol–water partition coefficient (Wildman–Crippen LogP) is 6.27. The molecule has 6 nitrogen and oxygen atoms in total. The SMILES string of the molecule is CN(C)c1cc[c-]c(N2[CH-]N(CCN3[CH-]N(c4[c-]ccc(N(C)C)c4)c4ccccc43)c3ccccc32)c1.[Pt+4]. The van der Waals surface area contributed by atoms with Crippen LogP contribution in [0.5, 0.6) is 0 Å². The van der Waals surface area contributed by atoms with Crippen LogP contribution >= 0.6 is 0 Å². The molecule has 0 fully saturated rings. The molecule has 39 heavy (non-hydrogen) atoms. The Morgan fingerprint density at radius 2 is 0.974 bits per heavy atom. The van der Waals surface area contributed by atoms with Gasteiger partial charge in [-0.25, -0.2) is 0 Å². The van der Waals surface area contributed by atoms with Crippen molar-refractivity contribution in [3.63, 3.8) is 0 Å². The summed E-state index contributed by atoms with van der Waals surface area (Å²) in [7, 11) is 8.26. The first-order chi connectivity index (χ1) is 18.5. The Morgan fingerprint density at radius 3 is 1.36 bits per heavy atom. The van der Waals surface area contributed by atoms with Crippen molar-refractivity contribution in [2.45, 2.75) is 0 Å². The standard InChI is InChI=1S/C32H32N6.Pt/c1-33(2)25-11-9-13-27(21-25)37-23-35(29-15-5-7-17-31(29)37)19-20-36-24-38(32-18-8-6-16-30(32)36)28-14-10-12-26(22-28)34(3)4;/h5-12,15-18,21-24H,19-20H2,1-4H3;/q-4;+4. The number of hydrogen-bond donors (Lipinski definition) is 0. The summed E-state index contributed by atoms with van der Waals surface area (Å²) in [5, 5.41) is 0. The average Bonchev–Trinajstić information content (AvgIpc) is 3.51. The molecule has 7 heteroatoms. The van der Waals surface area contributed by atoms with Crippen molar-refractivity contribution in [1.82, 2.24) is 0 Å². The molecule has 0 unspecified atom stereocenters. The Labute approximate surface area is 246 Å². The van der Waals surface area contributed by atoms with Crippen molar-refractivity contribution >= 4 is 45.5 Å². The second-order valence-electron chi connectivity index (χ2n) is 9.99. The minimum absolute atomic E-state index is 0. The van der Waals surface area contributed by atoms with Crippen molar-refractivity contribution < 1.29 is 21.1 Å². The number of fused-ring (bicyclic) bond motifs is 2. The first kappa shape index (κ1) is 27.0.